The van der Waals surface area contributed by atoms with E-state index in [1.54, 1.807) is 0 Å². The van der Waals surface area contributed by atoms with Crippen molar-refractivity contribution in [1.82, 2.24) is 20.3 Å². The van der Waals surface area contributed by atoms with Crippen LogP contribution in [-0.4, -0.2) is 21.0 Å². The lowest BCUT2D eigenvalue weighted by Crippen LogP contribution is -2.28. The van der Waals surface area contributed by atoms with Crippen LogP contribution in [0.2, 0.25) is 0 Å². The quantitative estimate of drug-likeness (QED) is 0.820. The lowest BCUT2D eigenvalue weighted by Gasteiger charge is -2.14. The highest BCUT2D eigenvalue weighted by Crippen LogP contribution is 2.17. The van der Waals surface area contributed by atoms with Crippen LogP contribution in [0.25, 0.3) is 0 Å². The third-order valence-corrected chi connectivity index (χ3v) is 4.80. The molecule has 22 heavy (non-hydrogen) atoms. The predicted molar refractivity (Wildman–Crippen MR) is 91.6 cm³/mol. The molecule has 0 aliphatic heterocycles. The van der Waals surface area contributed by atoms with E-state index in [2.05, 4.69) is 55.8 Å². The van der Waals surface area contributed by atoms with Gasteiger partial charge in [0.15, 0.2) is 0 Å². The lowest BCUT2D eigenvalue weighted by atomic mass is 10.1. The summed E-state index contributed by atoms with van der Waals surface area (Å²) >= 11 is 3.46. The average Bonchev–Trinajstić information content (AvgIpc) is 2.81. The van der Waals surface area contributed by atoms with Gasteiger partial charge in [-0.15, -0.1) is 5.10 Å². The number of hydrogen-bond donors (Lipinski definition) is 1. The van der Waals surface area contributed by atoms with Crippen LogP contribution in [0.5, 0.6) is 0 Å². The number of rotatable bonds is 5. The molecule has 1 heterocycles. The smallest absolute Gasteiger partial charge is 0.0965 e. The monoisotopic (exact) mass is 362 g/mol. The van der Waals surface area contributed by atoms with Crippen LogP contribution in [0.3, 0.4) is 0 Å². The molecular weight excluding hydrogens is 340 g/mol. The molecule has 3 rings (SSSR count). The van der Waals surface area contributed by atoms with Crippen molar-refractivity contribution in [2.24, 2.45) is 0 Å². The first-order valence-corrected chi connectivity index (χ1v) is 8.96. The highest BCUT2D eigenvalue weighted by atomic mass is 79.9. The Morgan fingerprint density at radius 2 is 1.82 bits per heavy atom. The van der Waals surface area contributed by atoms with Crippen LogP contribution in [-0.2, 0) is 13.1 Å². The number of benzene rings is 1. The predicted octanol–water partition coefficient (Wildman–Crippen LogP) is 3.90. The van der Waals surface area contributed by atoms with Crippen molar-refractivity contribution in [2.75, 3.05) is 0 Å². The van der Waals surface area contributed by atoms with Crippen molar-refractivity contribution in [2.45, 2.75) is 57.7 Å². The molecule has 2 aromatic rings. The van der Waals surface area contributed by atoms with Gasteiger partial charge in [0.25, 0.3) is 0 Å². The van der Waals surface area contributed by atoms with Gasteiger partial charge in [-0.05, 0) is 30.5 Å². The molecule has 4 nitrogen and oxygen atoms in total. The fourth-order valence-corrected chi connectivity index (χ4v) is 3.27. The van der Waals surface area contributed by atoms with Gasteiger partial charge in [-0.2, -0.15) is 0 Å². The first kappa shape index (κ1) is 15.7. The second kappa shape index (κ2) is 7.88. The number of hydrogen-bond acceptors (Lipinski definition) is 3. The van der Waals surface area contributed by atoms with Gasteiger partial charge in [-0.3, -0.25) is 0 Å². The van der Waals surface area contributed by atoms with E-state index in [0.29, 0.717) is 6.04 Å². The van der Waals surface area contributed by atoms with Gasteiger partial charge < -0.3 is 5.32 Å². The molecule has 1 N–H and O–H groups in total. The van der Waals surface area contributed by atoms with Gasteiger partial charge in [0.2, 0.25) is 0 Å². The summed E-state index contributed by atoms with van der Waals surface area (Å²) in [6, 6.07) is 8.98. The molecule has 0 unspecified atom stereocenters. The highest BCUT2D eigenvalue weighted by molar-refractivity contribution is 9.10. The Morgan fingerprint density at radius 3 is 2.55 bits per heavy atom. The van der Waals surface area contributed by atoms with E-state index in [9.17, 15) is 0 Å². The van der Waals surface area contributed by atoms with Crippen LogP contribution in [0.1, 0.15) is 49.8 Å². The zero-order valence-corrected chi connectivity index (χ0v) is 14.4. The normalized spacial score (nSPS) is 16.6. The van der Waals surface area contributed by atoms with Gasteiger partial charge in [-0.25, -0.2) is 4.68 Å². The van der Waals surface area contributed by atoms with Crippen LogP contribution < -0.4 is 5.32 Å². The van der Waals surface area contributed by atoms with E-state index >= 15 is 0 Å². The Morgan fingerprint density at radius 1 is 1.09 bits per heavy atom. The van der Waals surface area contributed by atoms with E-state index in [0.717, 1.165) is 23.3 Å². The maximum absolute atomic E-state index is 4.28. The molecule has 1 saturated carbocycles. The van der Waals surface area contributed by atoms with E-state index in [-0.39, 0.29) is 0 Å². The average molecular weight is 363 g/mol. The maximum atomic E-state index is 4.28. The second-order valence-electron chi connectivity index (χ2n) is 6.10. The summed E-state index contributed by atoms with van der Waals surface area (Å²) in [5.74, 6) is 0. The Labute approximate surface area is 140 Å². The fourth-order valence-electron chi connectivity index (χ4n) is 3.01. The molecular formula is C17H23BrN4. The van der Waals surface area contributed by atoms with Crippen molar-refractivity contribution in [3.63, 3.8) is 0 Å². The Kier molecular flexibility index (Phi) is 5.62. The summed E-state index contributed by atoms with van der Waals surface area (Å²) in [6.45, 7) is 1.59. The summed E-state index contributed by atoms with van der Waals surface area (Å²) in [4.78, 5) is 0. The zero-order chi connectivity index (χ0) is 15.2. The topological polar surface area (TPSA) is 42.7 Å². The number of nitrogens with zero attached hydrogens (tertiary/aromatic N) is 3. The largest absolute Gasteiger partial charge is 0.308 e. The van der Waals surface area contributed by atoms with Crippen LogP contribution >= 0.6 is 15.9 Å². The molecule has 118 valence electrons. The molecule has 5 heteroatoms. The second-order valence-corrected chi connectivity index (χ2v) is 7.02. The van der Waals surface area contributed by atoms with Gasteiger partial charge in [0, 0.05) is 17.1 Å². The highest BCUT2D eigenvalue weighted by Gasteiger charge is 2.12. The molecule has 1 aromatic carbocycles. The Hall–Kier alpha value is -1.20. The van der Waals surface area contributed by atoms with Crippen LogP contribution in [0.4, 0.5) is 0 Å². The summed E-state index contributed by atoms with van der Waals surface area (Å²) in [6.07, 6.45) is 10.1. The van der Waals surface area contributed by atoms with Crippen molar-refractivity contribution in [3.8, 4) is 0 Å². The minimum atomic E-state index is 0.652. The summed E-state index contributed by atoms with van der Waals surface area (Å²) in [5, 5.41) is 12.2. The molecule has 1 aromatic heterocycles. The first-order valence-electron chi connectivity index (χ1n) is 8.16. The van der Waals surface area contributed by atoms with Crippen LogP contribution in [0, 0.1) is 0 Å². The lowest BCUT2D eigenvalue weighted by molar-refractivity contribution is 0.456. The third-order valence-electron chi connectivity index (χ3n) is 4.27. The minimum Gasteiger partial charge on any atom is -0.308 e. The summed E-state index contributed by atoms with van der Waals surface area (Å²) in [7, 11) is 0. The Balaban J connectivity index is 1.51. The van der Waals surface area contributed by atoms with E-state index < -0.39 is 0 Å². The van der Waals surface area contributed by atoms with Crippen molar-refractivity contribution < 1.29 is 0 Å². The van der Waals surface area contributed by atoms with Crippen LogP contribution in [0.15, 0.2) is 34.9 Å². The van der Waals surface area contributed by atoms with Gasteiger partial charge in [0.1, 0.15) is 0 Å². The van der Waals surface area contributed by atoms with E-state index in [4.69, 9.17) is 0 Å². The molecule has 1 fully saturated rings. The molecule has 0 bridgehead atoms. The number of aromatic nitrogens is 3. The van der Waals surface area contributed by atoms with Gasteiger partial charge in [0.05, 0.1) is 18.4 Å². The number of halogens is 1. The van der Waals surface area contributed by atoms with Crippen molar-refractivity contribution >= 4 is 15.9 Å². The molecule has 1 aliphatic rings. The summed E-state index contributed by atoms with van der Waals surface area (Å²) in [5.41, 5.74) is 2.26. The van der Waals surface area contributed by atoms with Gasteiger partial charge in [-0.1, -0.05) is 59.0 Å². The fraction of sp³-hybridized carbons (Fsp3) is 0.529. The van der Waals surface area contributed by atoms with E-state index in [1.807, 2.05) is 10.9 Å². The number of nitrogens with one attached hydrogen (secondary N) is 1. The zero-order valence-electron chi connectivity index (χ0n) is 12.8. The standard InChI is InChI=1S/C17H23BrN4/c18-15-9-7-14(8-10-15)12-22-13-17(20-21-22)11-19-16-5-3-1-2-4-6-16/h7-10,13,16,19H,1-6,11-12H2. The summed E-state index contributed by atoms with van der Waals surface area (Å²) < 4.78 is 3.01. The molecule has 0 spiro atoms. The maximum Gasteiger partial charge on any atom is 0.0965 e. The molecule has 0 saturated heterocycles. The Bertz CT molecular complexity index is 571. The van der Waals surface area contributed by atoms with Crippen molar-refractivity contribution in [1.29, 1.82) is 0 Å². The minimum absolute atomic E-state index is 0.652. The first-order chi connectivity index (χ1) is 10.8. The third kappa shape index (κ3) is 4.65. The van der Waals surface area contributed by atoms with Gasteiger partial charge >= 0.3 is 0 Å². The molecule has 0 radical (unpaired) electrons. The molecule has 0 amide bonds. The SMILES string of the molecule is Brc1ccc(Cn2cc(CNC3CCCCCC3)nn2)cc1. The van der Waals surface area contributed by atoms with Crippen molar-refractivity contribution in [3.05, 3.63) is 46.2 Å². The molecule has 1 aliphatic carbocycles. The van der Waals surface area contributed by atoms with E-state index in [1.165, 1.54) is 44.1 Å². The molecule has 0 atom stereocenters.